The van der Waals surface area contributed by atoms with Gasteiger partial charge in [0.25, 0.3) is 0 Å². The van der Waals surface area contributed by atoms with Crippen LogP contribution in [0, 0.1) is 0 Å². The van der Waals surface area contributed by atoms with Crippen LogP contribution in [0.15, 0.2) is 0 Å². The molecule has 3 atom stereocenters. The summed E-state index contributed by atoms with van der Waals surface area (Å²) in [5, 5.41) is 3.67. The van der Waals surface area contributed by atoms with E-state index in [1.54, 1.807) is 0 Å². The van der Waals surface area contributed by atoms with Gasteiger partial charge in [0, 0.05) is 25.2 Å². The van der Waals surface area contributed by atoms with E-state index >= 15 is 0 Å². The Morgan fingerprint density at radius 1 is 1.11 bits per heavy atom. The predicted molar refractivity (Wildman–Crippen MR) is 73.1 cm³/mol. The molecule has 2 saturated heterocycles. The summed E-state index contributed by atoms with van der Waals surface area (Å²) in [4.78, 5) is 16.5. The van der Waals surface area contributed by atoms with E-state index in [0.29, 0.717) is 18.1 Å². The van der Waals surface area contributed by atoms with Crippen molar-refractivity contribution in [2.75, 3.05) is 33.3 Å². The molecule has 3 rings (SSSR count). The number of nitrogens with one attached hydrogen (secondary N) is 1. The molecule has 1 aliphatic carbocycles. The summed E-state index contributed by atoms with van der Waals surface area (Å²) < 4.78 is 4.95. The predicted octanol–water partition coefficient (Wildman–Crippen LogP) is 1.04. The molecule has 1 unspecified atom stereocenters. The molecular weight excluding hydrogens is 242 g/mol. The van der Waals surface area contributed by atoms with Crippen LogP contribution in [-0.2, 0) is 4.74 Å². The second kappa shape index (κ2) is 5.67. The number of likely N-dealkylation sites (tertiary alicyclic amines) is 1. The van der Waals surface area contributed by atoms with E-state index in [4.69, 9.17) is 4.74 Å². The molecule has 1 N–H and O–H groups in total. The van der Waals surface area contributed by atoms with Crippen molar-refractivity contribution >= 4 is 6.09 Å². The zero-order valence-electron chi connectivity index (χ0n) is 11.8. The third-order valence-electron chi connectivity index (χ3n) is 4.98. The average Bonchev–Trinajstić information content (AvgIpc) is 2.99. The molecule has 5 heteroatoms. The first-order chi connectivity index (χ1) is 9.31. The van der Waals surface area contributed by atoms with Gasteiger partial charge in [-0.05, 0) is 45.2 Å². The Balaban J connectivity index is 1.74. The molecular formula is C14H25N3O2. The van der Waals surface area contributed by atoms with Crippen molar-refractivity contribution in [1.82, 2.24) is 15.1 Å². The van der Waals surface area contributed by atoms with Crippen LogP contribution in [0.25, 0.3) is 0 Å². The van der Waals surface area contributed by atoms with Gasteiger partial charge in [-0.25, -0.2) is 4.79 Å². The van der Waals surface area contributed by atoms with Gasteiger partial charge in [-0.3, -0.25) is 4.90 Å². The minimum Gasteiger partial charge on any atom is -0.453 e. The van der Waals surface area contributed by atoms with E-state index in [1.807, 2.05) is 4.90 Å². The molecule has 0 aromatic rings. The Hall–Kier alpha value is -0.810. The maximum Gasteiger partial charge on any atom is 0.409 e. The first-order valence-electron chi connectivity index (χ1n) is 7.63. The third-order valence-corrected chi connectivity index (χ3v) is 4.98. The van der Waals surface area contributed by atoms with Crippen LogP contribution in [0.1, 0.15) is 32.1 Å². The number of fused-ring (bicyclic) bond motifs is 1. The Morgan fingerprint density at radius 3 is 2.58 bits per heavy atom. The molecule has 2 aliphatic heterocycles. The van der Waals surface area contributed by atoms with E-state index < -0.39 is 0 Å². The molecule has 5 nitrogen and oxygen atoms in total. The van der Waals surface area contributed by atoms with Crippen LogP contribution in [0.3, 0.4) is 0 Å². The lowest BCUT2D eigenvalue weighted by Gasteiger charge is -2.49. The van der Waals surface area contributed by atoms with Crippen LogP contribution < -0.4 is 5.32 Å². The minimum atomic E-state index is -0.154. The van der Waals surface area contributed by atoms with Crippen LogP contribution in [0.4, 0.5) is 4.79 Å². The van der Waals surface area contributed by atoms with Crippen molar-refractivity contribution < 1.29 is 9.53 Å². The number of carbonyl (C=O) groups excluding carboxylic acids is 1. The lowest BCUT2D eigenvalue weighted by molar-refractivity contribution is 0.0286. The maximum atomic E-state index is 11.9. The van der Waals surface area contributed by atoms with E-state index in [-0.39, 0.29) is 6.09 Å². The Bertz CT molecular complexity index is 331. The highest BCUT2D eigenvalue weighted by atomic mass is 16.5. The number of hydrogen-bond donors (Lipinski definition) is 1. The zero-order chi connectivity index (χ0) is 13.2. The smallest absolute Gasteiger partial charge is 0.409 e. The summed E-state index contributed by atoms with van der Waals surface area (Å²) in [6.07, 6.45) is 6.10. The van der Waals surface area contributed by atoms with Gasteiger partial charge in [0.15, 0.2) is 0 Å². The molecule has 3 fully saturated rings. The van der Waals surface area contributed by atoms with Gasteiger partial charge in [0.1, 0.15) is 0 Å². The van der Waals surface area contributed by atoms with Gasteiger partial charge in [-0.15, -0.1) is 0 Å². The van der Waals surface area contributed by atoms with Gasteiger partial charge in [-0.2, -0.15) is 0 Å². The molecule has 0 aromatic carbocycles. The molecule has 108 valence electrons. The van der Waals surface area contributed by atoms with E-state index in [0.717, 1.165) is 19.5 Å². The van der Waals surface area contributed by atoms with E-state index in [2.05, 4.69) is 10.2 Å². The lowest BCUT2D eigenvalue weighted by Crippen LogP contribution is -2.67. The normalized spacial score (nSPS) is 36.1. The van der Waals surface area contributed by atoms with Crippen LogP contribution in [0.5, 0.6) is 0 Å². The van der Waals surface area contributed by atoms with Crippen LogP contribution in [0.2, 0.25) is 0 Å². The third kappa shape index (κ3) is 2.46. The number of carbonyl (C=O) groups is 1. The first-order valence-corrected chi connectivity index (χ1v) is 7.63. The number of methoxy groups -OCH3 is 1. The van der Waals surface area contributed by atoms with Crippen molar-refractivity contribution in [1.29, 1.82) is 0 Å². The molecule has 19 heavy (non-hydrogen) atoms. The van der Waals surface area contributed by atoms with Gasteiger partial charge in [0.05, 0.1) is 13.2 Å². The lowest BCUT2D eigenvalue weighted by atomic mass is 9.83. The Kier molecular flexibility index (Phi) is 3.93. The monoisotopic (exact) mass is 267 g/mol. The summed E-state index contributed by atoms with van der Waals surface area (Å²) in [6.45, 7) is 4.13. The SMILES string of the molecule is COC(=O)N1CCNC2[C@@H](N3CCCC3)CCC[C@@H]21. The van der Waals surface area contributed by atoms with E-state index in [9.17, 15) is 4.79 Å². The van der Waals surface area contributed by atoms with Crippen molar-refractivity contribution in [3.8, 4) is 0 Å². The molecule has 0 aromatic heterocycles. The average molecular weight is 267 g/mol. The molecule has 1 amide bonds. The number of rotatable bonds is 1. The van der Waals surface area contributed by atoms with Gasteiger partial charge < -0.3 is 15.0 Å². The van der Waals surface area contributed by atoms with Crippen molar-refractivity contribution in [3.63, 3.8) is 0 Å². The highest BCUT2D eigenvalue weighted by molar-refractivity contribution is 5.68. The van der Waals surface area contributed by atoms with Gasteiger partial charge in [-0.1, -0.05) is 0 Å². The zero-order valence-corrected chi connectivity index (χ0v) is 11.8. The van der Waals surface area contributed by atoms with Gasteiger partial charge >= 0.3 is 6.09 Å². The summed E-state index contributed by atoms with van der Waals surface area (Å²) in [6, 6.07) is 1.36. The molecule has 2 heterocycles. The number of piperazine rings is 1. The largest absolute Gasteiger partial charge is 0.453 e. The summed E-state index contributed by atoms with van der Waals surface area (Å²) in [5.41, 5.74) is 0. The maximum absolute atomic E-state index is 11.9. The Labute approximate surface area is 115 Å². The number of ether oxygens (including phenoxy) is 1. The topological polar surface area (TPSA) is 44.8 Å². The molecule has 3 aliphatic rings. The standard InChI is InChI=1S/C14H25N3O2/c1-19-14(18)17-10-7-15-13-11(5-4-6-12(13)17)16-8-2-3-9-16/h11-13,15H,2-10H2,1H3/t11-,12-,13?/m0/s1. The Morgan fingerprint density at radius 2 is 1.84 bits per heavy atom. The van der Waals surface area contributed by atoms with Gasteiger partial charge in [0.2, 0.25) is 0 Å². The fraction of sp³-hybridized carbons (Fsp3) is 0.929. The number of nitrogens with zero attached hydrogens (tertiary/aromatic N) is 2. The number of hydrogen-bond acceptors (Lipinski definition) is 4. The van der Waals surface area contributed by atoms with Crippen molar-refractivity contribution in [2.45, 2.75) is 50.2 Å². The van der Waals surface area contributed by atoms with E-state index in [1.165, 1.54) is 45.9 Å². The first kappa shape index (κ1) is 13.2. The summed E-state index contributed by atoms with van der Waals surface area (Å²) >= 11 is 0. The highest BCUT2D eigenvalue weighted by Crippen LogP contribution is 2.31. The summed E-state index contributed by atoms with van der Waals surface area (Å²) in [7, 11) is 1.49. The molecule has 0 radical (unpaired) electrons. The minimum absolute atomic E-state index is 0.154. The summed E-state index contributed by atoms with van der Waals surface area (Å²) in [5.74, 6) is 0. The molecule has 0 spiro atoms. The van der Waals surface area contributed by atoms with Crippen LogP contribution in [-0.4, -0.2) is 67.3 Å². The fourth-order valence-electron chi connectivity index (χ4n) is 4.12. The van der Waals surface area contributed by atoms with Crippen molar-refractivity contribution in [3.05, 3.63) is 0 Å². The second-order valence-electron chi connectivity index (χ2n) is 5.95. The highest BCUT2D eigenvalue weighted by Gasteiger charge is 2.43. The quantitative estimate of drug-likeness (QED) is 0.771. The van der Waals surface area contributed by atoms with Crippen molar-refractivity contribution in [2.24, 2.45) is 0 Å². The molecule has 0 bridgehead atoms. The number of amides is 1. The molecule has 1 saturated carbocycles. The fourth-order valence-corrected chi connectivity index (χ4v) is 4.12. The van der Waals surface area contributed by atoms with Crippen LogP contribution >= 0.6 is 0 Å². The second-order valence-corrected chi connectivity index (χ2v) is 5.95.